The van der Waals surface area contributed by atoms with Crippen molar-refractivity contribution in [1.82, 2.24) is 15.0 Å². The third-order valence-electron chi connectivity index (χ3n) is 2.85. The number of amides is 1. The van der Waals surface area contributed by atoms with Crippen molar-refractivity contribution in [2.24, 2.45) is 0 Å². The second-order valence-corrected chi connectivity index (χ2v) is 5.44. The van der Waals surface area contributed by atoms with Crippen LogP contribution in [0.25, 0.3) is 11.3 Å². The highest BCUT2D eigenvalue weighted by atomic mass is 32.1. The summed E-state index contributed by atoms with van der Waals surface area (Å²) in [5, 5.41) is 5.83. The molecule has 3 aromatic rings. The highest BCUT2D eigenvalue weighted by Gasteiger charge is 2.08. The summed E-state index contributed by atoms with van der Waals surface area (Å²) in [5.41, 5.74) is 2.97. The molecule has 0 spiro atoms. The fourth-order valence-corrected chi connectivity index (χ4v) is 2.45. The lowest BCUT2D eigenvalue weighted by atomic mass is 10.1. The minimum Gasteiger partial charge on any atom is -0.321 e. The lowest BCUT2D eigenvalue weighted by molar-refractivity contribution is 0.102. The number of carbonyl (C=O) groups excluding carboxylic acids is 1. The molecule has 3 rings (SSSR count). The molecule has 6 heteroatoms. The molecule has 104 valence electrons. The molecule has 1 aromatic carbocycles. The zero-order chi connectivity index (χ0) is 14.7. The van der Waals surface area contributed by atoms with Crippen LogP contribution in [-0.2, 0) is 0 Å². The van der Waals surface area contributed by atoms with Gasteiger partial charge in [0, 0.05) is 29.0 Å². The number of thiazole rings is 1. The second kappa shape index (κ2) is 5.80. The fraction of sp³-hybridized carbons (Fsp3) is 0.0667. The van der Waals surface area contributed by atoms with Crippen LogP contribution < -0.4 is 5.32 Å². The van der Waals surface area contributed by atoms with E-state index in [1.807, 2.05) is 36.6 Å². The summed E-state index contributed by atoms with van der Waals surface area (Å²) >= 11 is 1.62. The molecule has 0 fully saturated rings. The van der Waals surface area contributed by atoms with Gasteiger partial charge in [-0.05, 0) is 19.1 Å². The van der Waals surface area contributed by atoms with E-state index in [4.69, 9.17) is 0 Å². The van der Waals surface area contributed by atoms with Crippen LogP contribution in [-0.4, -0.2) is 20.9 Å². The minimum absolute atomic E-state index is 0.277. The van der Waals surface area contributed by atoms with Crippen LogP contribution in [0.5, 0.6) is 0 Å². The van der Waals surface area contributed by atoms with Crippen molar-refractivity contribution in [3.63, 3.8) is 0 Å². The molecule has 0 saturated heterocycles. The van der Waals surface area contributed by atoms with Crippen LogP contribution in [0.4, 0.5) is 5.69 Å². The minimum atomic E-state index is -0.277. The van der Waals surface area contributed by atoms with Crippen LogP contribution in [0.3, 0.4) is 0 Å². The smallest absolute Gasteiger partial charge is 0.275 e. The molecule has 0 bridgehead atoms. The number of aryl methyl sites for hydroxylation is 1. The molecule has 0 radical (unpaired) electrons. The number of anilines is 1. The average molecular weight is 296 g/mol. The molecular weight excluding hydrogens is 284 g/mol. The number of aromatic nitrogens is 3. The SMILES string of the molecule is Cc1nc(-c2ccc(NC(=O)c3cnccn3)cc2)cs1. The molecule has 21 heavy (non-hydrogen) atoms. The van der Waals surface area contributed by atoms with Crippen molar-refractivity contribution in [3.8, 4) is 11.3 Å². The Labute approximate surface area is 125 Å². The fourth-order valence-electron chi connectivity index (χ4n) is 1.83. The summed E-state index contributed by atoms with van der Waals surface area (Å²) in [4.78, 5) is 24.2. The van der Waals surface area contributed by atoms with Crippen LogP contribution in [0, 0.1) is 6.92 Å². The van der Waals surface area contributed by atoms with E-state index in [1.54, 1.807) is 11.3 Å². The van der Waals surface area contributed by atoms with E-state index in [-0.39, 0.29) is 11.6 Å². The largest absolute Gasteiger partial charge is 0.321 e. The maximum atomic E-state index is 11.9. The molecule has 2 aromatic heterocycles. The van der Waals surface area contributed by atoms with Crippen LogP contribution in [0.15, 0.2) is 48.2 Å². The summed E-state index contributed by atoms with van der Waals surface area (Å²) in [6.45, 7) is 1.98. The lowest BCUT2D eigenvalue weighted by Gasteiger charge is -2.05. The Kier molecular flexibility index (Phi) is 3.70. The van der Waals surface area contributed by atoms with E-state index in [9.17, 15) is 4.79 Å². The van der Waals surface area contributed by atoms with Crippen molar-refractivity contribution in [2.75, 3.05) is 5.32 Å². The van der Waals surface area contributed by atoms with Gasteiger partial charge in [-0.2, -0.15) is 0 Å². The zero-order valence-electron chi connectivity index (χ0n) is 11.3. The van der Waals surface area contributed by atoms with Crippen molar-refractivity contribution in [2.45, 2.75) is 6.92 Å². The Hall–Kier alpha value is -2.60. The highest BCUT2D eigenvalue weighted by Crippen LogP contribution is 2.23. The van der Waals surface area contributed by atoms with Crippen molar-refractivity contribution >= 4 is 22.9 Å². The van der Waals surface area contributed by atoms with E-state index in [2.05, 4.69) is 20.3 Å². The van der Waals surface area contributed by atoms with Gasteiger partial charge in [-0.3, -0.25) is 9.78 Å². The quantitative estimate of drug-likeness (QED) is 0.806. The predicted molar refractivity (Wildman–Crippen MR) is 82.3 cm³/mol. The highest BCUT2D eigenvalue weighted by molar-refractivity contribution is 7.09. The molecule has 1 N–H and O–H groups in total. The standard InChI is InChI=1S/C15H12N4OS/c1-10-18-14(9-21-10)11-2-4-12(5-3-11)19-15(20)13-8-16-6-7-17-13/h2-9H,1H3,(H,19,20). The number of carbonyl (C=O) groups is 1. The number of hydrogen-bond donors (Lipinski definition) is 1. The molecule has 0 aliphatic carbocycles. The third-order valence-corrected chi connectivity index (χ3v) is 3.63. The first-order chi connectivity index (χ1) is 10.2. The molecule has 0 atom stereocenters. The van der Waals surface area contributed by atoms with Gasteiger partial charge in [-0.1, -0.05) is 12.1 Å². The molecule has 0 unspecified atom stereocenters. The molecule has 5 nitrogen and oxygen atoms in total. The average Bonchev–Trinajstić information content (AvgIpc) is 2.95. The van der Waals surface area contributed by atoms with E-state index in [0.29, 0.717) is 5.69 Å². The van der Waals surface area contributed by atoms with Crippen molar-refractivity contribution in [1.29, 1.82) is 0 Å². The van der Waals surface area contributed by atoms with Gasteiger partial charge < -0.3 is 5.32 Å². The summed E-state index contributed by atoms with van der Waals surface area (Å²) in [6.07, 6.45) is 4.45. The maximum absolute atomic E-state index is 11.9. The molecule has 1 amide bonds. The number of rotatable bonds is 3. The monoisotopic (exact) mass is 296 g/mol. The van der Waals surface area contributed by atoms with Gasteiger partial charge in [0.2, 0.25) is 0 Å². The van der Waals surface area contributed by atoms with Crippen molar-refractivity contribution in [3.05, 3.63) is 58.9 Å². The lowest BCUT2D eigenvalue weighted by Crippen LogP contribution is -2.13. The van der Waals surface area contributed by atoms with Gasteiger partial charge in [0.05, 0.1) is 16.9 Å². The maximum Gasteiger partial charge on any atom is 0.275 e. The second-order valence-electron chi connectivity index (χ2n) is 4.37. The Morgan fingerprint density at radius 1 is 1.19 bits per heavy atom. The zero-order valence-corrected chi connectivity index (χ0v) is 12.1. The molecule has 0 aliphatic rings. The number of benzene rings is 1. The van der Waals surface area contributed by atoms with Gasteiger partial charge in [0.15, 0.2) is 0 Å². The number of nitrogens with one attached hydrogen (secondary N) is 1. The van der Waals surface area contributed by atoms with E-state index >= 15 is 0 Å². The van der Waals surface area contributed by atoms with E-state index < -0.39 is 0 Å². The number of hydrogen-bond acceptors (Lipinski definition) is 5. The van der Waals surface area contributed by atoms with E-state index in [0.717, 1.165) is 16.3 Å². The third kappa shape index (κ3) is 3.11. The molecule has 0 aliphatic heterocycles. The Morgan fingerprint density at radius 2 is 2.00 bits per heavy atom. The topological polar surface area (TPSA) is 67.8 Å². The molecule has 2 heterocycles. The Balaban J connectivity index is 1.74. The first-order valence-corrected chi connectivity index (χ1v) is 7.20. The van der Waals surface area contributed by atoms with Gasteiger partial charge in [-0.15, -0.1) is 11.3 Å². The normalized spacial score (nSPS) is 10.3. The Bertz CT molecular complexity index is 753. The predicted octanol–water partition coefficient (Wildman–Crippen LogP) is 3.16. The first-order valence-electron chi connectivity index (χ1n) is 6.32. The Morgan fingerprint density at radius 3 is 2.62 bits per heavy atom. The van der Waals surface area contributed by atoms with Gasteiger partial charge in [0.25, 0.3) is 5.91 Å². The van der Waals surface area contributed by atoms with Crippen LogP contribution >= 0.6 is 11.3 Å². The number of nitrogens with zero attached hydrogens (tertiary/aromatic N) is 3. The summed E-state index contributed by atoms with van der Waals surface area (Å²) < 4.78 is 0. The first kappa shape index (κ1) is 13.4. The van der Waals surface area contributed by atoms with Crippen molar-refractivity contribution < 1.29 is 4.79 Å². The van der Waals surface area contributed by atoms with E-state index in [1.165, 1.54) is 18.6 Å². The van der Waals surface area contributed by atoms with Gasteiger partial charge >= 0.3 is 0 Å². The van der Waals surface area contributed by atoms with Gasteiger partial charge in [0.1, 0.15) is 5.69 Å². The summed E-state index contributed by atoms with van der Waals surface area (Å²) in [7, 11) is 0. The van der Waals surface area contributed by atoms with Crippen LogP contribution in [0.1, 0.15) is 15.5 Å². The summed E-state index contributed by atoms with van der Waals surface area (Å²) in [6, 6.07) is 7.55. The van der Waals surface area contributed by atoms with Crippen LogP contribution in [0.2, 0.25) is 0 Å². The molecule has 0 saturated carbocycles. The van der Waals surface area contributed by atoms with Gasteiger partial charge in [-0.25, -0.2) is 9.97 Å². The molecular formula is C15H12N4OS. The summed E-state index contributed by atoms with van der Waals surface area (Å²) in [5.74, 6) is -0.277.